The molecule has 0 bridgehead atoms. The number of ketones is 1. The van der Waals surface area contributed by atoms with E-state index in [-0.39, 0.29) is 25.2 Å². The van der Waals surface area contributed by atoms with Gasteiger partial charge in [-0.15, -0.1) is 0 Å². The zero-order valence-electron chi connectivity index (χ0n) is 17.7. The van der Waals surface area contributed by atoms with Gasteiger partial charge in [-0.3, -0.25) is 9.59 Å². The van der Waals surface area contributed by atoms with Gasteiger partial charge in [0.05, 0.1) is 6.42 Å². The molecule has 1 heterocycles. The van der Waals surface area contributed by atoms with Crippen LogP contribution in [0.5, 0.6) is 0 Å². The first-order valence-electron chi connectivity index (χ1n) is 10.9. The molecule has 0 spiro atoms. The van der Waals surface area contributed by atoms with E-state index in [2.05, 4.69) is 6.92 Å². The van der Waals surface area contributed by atoms with Crippen molar-refractivity contribution in [3.05, 3.63) is 80.7 Å². The molecule has 2 aromatic carbocycles. The summed E-state index contributed by atoms with van der Waals surface area (Å²) in [4.78, 5) is 36.5. The van der Waals surface area contributed by atoms with Crippen molar-refractivity contribution >= 4 is 22.7 Å². The van der Waals surface area contributed by atoms with Crippen LogP contribution in [0.4, 0.5) is 0 Å². The number of esters is 1. The standard InChI is InChI=1S/C26H26O5/c1-2-4-17-7-9-18(10-8-17)23(27)11-12-25(28)30-16-21-15-26(29)31-24-14-20-6-3-5-19(20)13-22(21)24/h7-10,13-15H,2-6,11-12,16H2,1H3. The van der Waals surface area contributed by atoms with Crippen LogP contribution in [-0.2, 0) is 35.4 Å². The molecule has 160 valence electrons. The number of hydrogen-bond donors (Lipinski definition) is 0. The lowest BCUT2D eigenvalue weighted by Gasteiger charge is -2.09. The van der Waals surface area contributed by atoms with E-state index in [1.54, 1.807) is 0 Å². The molecule has 0 unspecified atom stereocenters. The summed E-state index contributed by atoms with van der Waals surface area (Å²) in [7, 11) is 0. The molecule has 0 radical (unpaired) electrons. The molecular formula is C26H26O5. The van der Waals surface area contributed by atoms with Gasteiger partial charge in [-0.25, -0.2) is 4.79 Å². The van der Waals surface area contributed by atoms with Crippen LogP contribution in [0.15, 0.2) is 51.7 Å². The second kappa shape index (κ2) is 9.29. The highest BCUT2D eigenvalue weighted by Gasteiger charge is 2.16. The number of ether oxygens (including phenoxy) is 1. The summed E-state index contributed by atoms with van der Waals surface area (Å²) in [6.45, 7) is 2.10. The zero-order valence-corrected chi connectivity index (χ0v) is 17.7. The largest absolute Gasteiger partial charge is 0.461 e. The number of benzene rings is 2. The number of carbonyl (C=O) groups is 2. The third kappa shape index (κ3) is 4.93. The van der Waals surface area contributed by atoms with Crippen molar-refractivity contribution in [2.75, 3.05) is 0 Å². The molecule has 0 amide bonds. The van der Waals surface area contributed by atoms with Crippen molar-refractivity contribution in [2.24, 2.45) is 0 Å². The number of carbonyl (C=O) groups excluding carboxylic acids is 2. The molecule has 0 atom stereocenters. The van der Waals surface area contributed by atoms with Crippen molar-refractivity contribution < 1.29 is 18.7 Å². The Bertz CT molecular complexity index is 1170. The minimum Gasteiger partial charge on any atom is -0.461 e. The molecule has 5 nitrogen and oxygen atoms in total. The van der Waals surface area contributed by atoms with Gasteiger partial charge in [0.2, 0.25) is 0 Å². The van der Waals surface area contributed by atoms with E-state index in [1.807, 2.05) is 36.4 Å². The quantitative estimate of drug-likeness (QED) is 0.294. The van der Waals surface area contributed by atoms with Crippen molar-refractivity contribution in [2.45, 2.75) is 58.5 Å². The highest BCUT2D eigenvalue weighted by Crippen LogP contribution is 2.28. The lowest BCUT2D eigenvalue weighted by atomic mass is 10.0. The number of rotatable bonds is 8. The summed E-state index contributed by atoms with van der Waals surface area (Å²) < 4.78 is 10.7. The molecule has 1 aliphatic carbocycles. The number of aryl methyl sites for hydroxylation is 3. The third-order valence-electron chi connectivity index (χ3n) is 5.80. The maximum Gasteiger partial charge on any atom is 0.336 e. The Kier molecular flexibility index (Phi) is 6.31. The van der Waals surface area contributed by atoms with Crippen LogP contribution < -0.4 is 5.63 Å². The van der Waals surface area contributed by atoms with Crippen LogP contribution in [0.1, 0.15) is 65.2 Å². The monoisotopic (exact) mass is 418 g/mol. The highest BCUT2D eigenvalue weighted by atomic mass is 16.5. The third-order valence-corrected chi connectivity index (χ3v) is 5.80. The Morgan fingerprint density at radius 2 is 1.74 bits per heavy atom. The van der Waals surface area contributed by atoms with E-state index in [4.69, 9.17) is 9.15 Å². The SMILES string of the molecule is CCCc1ccc(C(=O)CCC(=O)OCc2cc(=O)oc3cc4c(cc23)CCC4)cc1. The van der Waals surface area contributed by atoms with Crippen LogP contribution >= 0.6 is 0 Å². The Hall–Kier alpha value is -3.21. The molecule has 3 aromatic rings. The summed E-state index contributed by atoms with van der Waals surface area (Å²) in [6, 6.07) is 12.9. The first-order chi connectivity index (χ1) is 15.0. The first-order valence-corrected chi connectivity index (χ1v) is 10.9. The predicted molar refractivity (Wildman–Crippen MR) is 118 cm³/mol. The molecule has 4 rings (SSSR count). The Labute approximate surface area is 181 Å². The molecule has 0 N–H and O–H groups in total. The van der Waals surface area contributed by atoms with Gasteiger partial charge >= 0.3 is 11.6 Å². The number of fused-ring (bicyclic) bond motifs is 2. The summed E-state index contributed by atoms with van der Waals surface area (Å²) in [5.74, 6) is -0.542. The van der Waals surface area contributed by atoms with E-state index in [1.165, 1.54) is 22.8 Å². The maximum atomic E-state index is 12.4. The van der Waals surface area contributed by atoms with E-state index >= 15 is 0 Å². The van der Waals surface area contributed by atoms with Gasteiger partial charge in [-0.2, -0.15) is 0 Å². The highest BCUT2D eigenvalue weighted by molar-refractivity contribution is 5.97. The van der Waals surface area contributed by atoms with Crippen molar-refractivity contribution in [3.8, 4) is 0 Å². The van der Waals surface area contributed by atoms with E-state index in [0.717, 1.165) is 37.5 Å². The average molecular weight is 418 g/mol. The van der Waals surface area contributed by atoms with Gasteiger partial charge in [0.15, 0.2) is 5.78 Å². The number of Topliss-reactive ketones (excluding diaryl/α,β-unsaturated/α-hetero) is 1. The zero-order chi connectivity index (χ0) is 21.8. The van der Waals surface area contributed by atoms with E-state index in [0.29, 0.717) is 16.7 Å². The van der Waals surface area contributed by atoms with Gasteiger partial charge in [0.25, 0.3) is 0 Å². The molecule has 0 fully saturated rings. The van der Waals surface area contributed by atoms with E-state index < -0.39 is 11.6 Å². The molecule has 1 aromatic heterocycles. The second-order valence-corrected chi connectivity index (χ2v) is 8.09. The summed E-state index contributed by atoms with van der Waals surface area (Å²) in [5, 5.41) is 0.802. The van der Waals surface area contributed by atoms with Gasteiger partial charge in [0.1, 0.15) is 12.2 Å². The van der Waals surface area contributed by atoms with Crippen LogP contribution in [0.25, 0.3) is 11.0 Å². The summed E-state index contributed by atoms with van der Waals surface area (Å²) >= 11 is 0. The van der Waals surface area contributed by atoms with Gasteiger partial charge in [-0.05, 0) is 54.5 Å². The fraction of sp³-hybridized carbons (Fsp3) is 0.346. The predicted octanol–water partition coefficient (Wildman–Crippen LogP) is 4.94. The van der Waals surface area contributed by atoms with Crippen LogP contribution in [0.2, 0.25) is 0 Å². The molecule has 0 saturated heterocycles. The smallest absolute Gasteiger partial charge is 0.336 e. The molecule has 31 heavy (non-hydrogen) atoms. The molecule has 0 aliphatic heterocycles. The Morgan fingerprint density at radius 1 is 1.00 bits per heavy atom. The minimum atomic E-state index is -0.460. The molecule has 5 heteroatoms. The van der Waals surface area contributed by atoms with Gasteiger partial charge < -0.3 is 9.15 Å². The number of hydrogen-bond acceptors (Lipinski definition) is 5. The maximum absolute atomic E-state index is 12.4. The lowest BCUT2D eigenvalue weighted by Crippen LogP contribution is -2.10. The fourth-order valence-corrected chi connectivity index (χ4v) is 4.15. The molecule has 0 saturated carbocycles. The average Bonchev–Trinajstić information content (AvgIpc) is 3.22. The minimum absolute atomic E-state index is 0.00428. The summed E-state index contributed by atoms with van der Waals surface area (Å²) in [6.07, 6.45) is 5.22. The van der Waals surface area contributed by atoms with Crippen LogP contribution in [-0.4, -0.2) is 11.8 Å². The Balaban J connectivity index is 1.37. The van der Waals surface area contributed by atoms with Crippen molar-refractivity contribution in [3.63, 3.8) is 0 Å². The van der Waals surface area contributed by atoms with Gasteiger partial charge in [-0.1, -0.05) is 37.6 Å². The van der Waals surface area contributed by atoms with E-state index in [9.17, 15) is 14.4 Å². The Morgan fingerprint density at radius 3 is 2.48 bits per heavy atom. The fourth-order valence-electron chi connectivity index (χ4n) is 4.15. The van der Waals surface area contributed by atoms with Crippen LogP contribution in [0, 0.1) is 0 Å². The van der Waals surface area contributed by atoms with Crippen molar-refractivity contribution in [1.82, 2.24) is 0 Å². The second-order valence-electron chi connectivity index (χ2n) is 8.09. The van der Waals surface area contributed by atoms with Crippen LogP contribution in [0.3, 0.4) is 0 Å². The topological polar surface area (TPSA) is 73.6 Å². The summed E-state index contributed by atoms with van der Waals surface area (Å²) in [5.41, 5.74) is 4.97. The lowest BCUT2D eigenvalue weighted by molar-refractivity contribution is -0.144. The molecular weight excluding hydrogens is 392 g/mol. The first kappa shape index (κ1) is 21.0. The van der Waals surface area contributed by atoms with Gasteiger partial charge in [0, 0.05) is 29.0 Å². The normalized spacial score (nSPS) is 12.7. The molecule has 1 aliphatic rings. The van der Waals surface area contributed by atoms with Crippen molar-refractivity contribution in [1.29, 1.82) is 0 Å².